The molecule has 1 fully saturated rings. The van der Waals surface area contributed by atoms with Gasteiger partial charge in [0.1, 0.15) is 0 Å². The van der Waals surface area contributed by atoms with Crippen LogP contribution in [0.2, 0.25) is 0 Å². The molecule has 0 aliphatic heterocycles. The Balaban J connectivity index is 2.22. The van der Waals surface area contributed by atoms with Gasteiger partial charge in [0.05, 0.1) is 6.61 Å². The molecule has 0 saturated heterocycles. The third-order valence-electron chi connectivity index (χ3n) is 3.86. The van der Waals surface area contributed by atoms with E-state index in [1.54, 1.807) is 6.92 Å². The molecule has 1 aliphatic rings. The first-order chi connectivity index (χ1) is 10.8. The van der Waals surface area contributed by atoms with Gasteiger partial charge in [0, 0.05) is 13.0 Å². The van der Waals surface area contributed by atoms with Gasteiger partial charge in [0.2, 0.25) is 0 Å². The standard InChI is InChI=1S/C15H24F3NO4/c1-2-22-14(21)19-9-12-5-3-4-11(8-12)6-7-13(20)23-10-15(16,17)18/h11-12H,2-10H2,1H3,(H,19,21). The Morgan fingerprint density at radius 1 is 1.17 bits per heavy atom. The smallest absolute Gasteiger partial charge is 0.422 e. The topological polar surface area (TPSA) is 64.6 Å². The predicted molar refractivity (Wildman–Crippen MR) is 76.7 cm³/mol. The van der Waals surface area contributed by atoms with E-state index in [9.17, 15) is 22.8 Å². The summed E-state index contributed by atoms with van der Waals surface area (Å²) in [5, 5.41) is 2.70. The second-order valence-corrected chi connectivity index (χ2v) is 5.81. The van der Waals surface area contributed by atoms with E-state index >= 15 is 0 Å². The van der Waals surface area contributed by atoms with Crippen LogP contribution < -0.4 is 5.32 Å². The molecule has 0 aromatic heterocycles. The highest BCUT2D eigenvalue weighted by Gasteiger charge is 2.30. The number of alkyl halides is 3. The van der Waals surface area contributed by atoms with Gasteiger partial charge < -0.3 is 14.8 Å². The fourth-order valence-electron chi connectivity index (χ4n) is 2.82. The van der Waals surface area contributed by atoms with Crippen LogP contribution in [0.15, 0.2) is 0 Å². The van der Waals surface area contributed by atoms with Crippen LogP contribution in [0.25, 0.3) is 0 Å². The van der Waals surface area contributed by atoms with Gasteiger partial charge in [0.25, 0.3) is 0 Å². The third kappa shape index (κ3) is 9.30. The zero-order chi connectivity index (χ0) is 17.3. The summed E-state index contributed by atoms with van der Waals surface area (Å²) in [5.74, 6) is -0.227. The number of carbonyl (C=O) groups excluding carboxylic acids is 2. The van der Waals surface area contributed by atoms with Crippen molar-refractivity contribution < 1.29 is 32.2 Å². The lowest BCUT2D eigenvalue weighted by Crippen LogP contribution is -2.32. The molecule has 1 saturated carbocycles. The number of carbonyl (C=O) groups is 2. The van der Waals surface area contributed by atoms with Crippen molar-refractivity contribution in [1.29, 1.82) is 0 Å². The zero-order valence-corrected chi connectivity index (χ0v) is 13.3. The first-order valence-corrected chi connectivity index (χ1v) is 7.93. The highest BCUT2D eigenvalue weighted by molar-refractivity contribution is 5.69. The molecule has 1 amide bonds. The summed E-state index contributed by atoms with van der Waals surface area (Å²) in [6.45, 7) is 1.05. The van der Waals surface area contributed by atoms with Crippen molar-refractivity contribution in [2.75, 3.05) is 19.8 Å². The van der Waals surface area contributed by atoms with Gasteiger partial charge in [-0.2, -0.15) is 13.2 Å². The molecule has 0 aromatic rings. The van der Waals surface area contributed by atoms with E-state index in [0.29, 0.717) is 25.5 Å². The number of hydrogen-bond donors (Lipinski definition) is 1. The van der Waals surface area contributed by atoms with Gasteiger partial charge in [-0.15, -0.1) is 0 Å². The molecule has 0 heterocycles. The molecule has 8 heteroatoms. The monoisotopic (exact) mass is 339 g/mol. The summed E-state index contributed by atoms with van der Waals surface area (Å²) in [6.07, 6.45) is -0.638. The van der Waals surface area contributed by atoms with Crippen molar-refractivity contribution >= 4 is 12.1 Å². The summed E-state index contributed by atoms with van der Waals surface area (Å²) in [4.78, 5) is 22.6. The Bertz CT molecular complexity index is 387. The minimum Gasteiger partial charge on any atom is -0.456 e. The van der Waals surface area contributed by atoms with Gasteiger partial charge in [-0.1, -0.05) is 12.8 Å². The van der Waals surface area contributed by atoms with Gasteiger partial charge in [-0.3, -0.25) is 4.79 Å². The summed E-state index contributed by atoms with van der Waals surface area (Å²) in [7, 11) is 0. The second-order valence-electron chi connectivity index (χ2n) is 5.81. The molecule has 1 rings (SSSR count). The van der Waals surface area contributed by atoms with Crippen LogP contribution in [0.3, 0.4) is 0 Å². The average molecular weight is 339 g/mol. The Kier molecular flexibility index (Phi) is 8.19. The Hall–Kier alpha value is -1.47. The lowest BCUT2D eigenvalue weighted by atomic mass is 9.79. The van der Waals surface area contributed by atoms with Crippen LogP contribution in [0.5, 0.6) is 0 Å². The first-order valence-electron chi connectivity index (χ1n) is 7.93. The second kappa shape index (κ2) is 9.62. The Morgan fingerprint density at radius 2 is 1.87 bits per heavy atom. The number of alkyl carbamates (subject to hydrolysis) is 1. The maximum atomic E-state index is 11.9. The van der Waals surface area contributed by atoms with Crippen LogP contribution in [0, 0.1) is 11.8 Å². The maximum Gasteiger partial charge on any atom is 0.422 e. The first kappa shape index (κ1) is 19.6. The molecule has 2 atom stereocenters. The quantitative estimate of drug-likeness (QED) is 0.722. The van der Waals surface area contributed by atoms with Gasteiger partial charge in [-0.25, -0.2) is 4.79 Å². The van der Waals surface area contributed by atoms with E-state index in [0.717, 1.165) is 25.7 Å². The van der Waals surface area contributed by atoms with E-state index in [-0.39, 0.29) is 12.3 Å². The molecule has 2 unspecified atom stereocenters. The molecule has 0 aromatic carbocycles. The average Bonchev–Trinajstić information content (AvgIpc) is 2.49. The molecular formula is C15H24F3NO4. The van der Waals surface area contributed by atoms with E-state index in [4.69, 9.17) is 4.74 Å². The van der Waals surface area contributed by atoms with Crippen molar-refractivity contribution in [2.45, 2.75) is 51.6 Å². The fraction of sp³-hybridized carbons (Fsp3) is 0.867. The van der Waals surface area contributed by atoms with Crippen LogP contribution in [0.4, 0.5) is 18.0 Å². The van der Waals surface area contributed by atoms with Crippen LogP contribution in [-0.2, 0) is 14.3 Å². The van der Waals surface area contributed by atoms with Crippen molar-refractivity contribution in [1.82, 2.24) is 5.32 Å². The SMILES string of the molecule is CCOC(=O)NCC1CCCC(CCC(=O)OCC(F)(F)F)C1. The molecule has 1 aliphatic carbocycles. The molecular weight excluding hydrogens is 315 g/mol. The largest absolute Gasteiger partial charge is 0.456 e. The number of ether oxygens (including phenoxy) is 2. The van der Waals surface area contributed by atoms with Crippen LogP contribution in [0.1, 0.15) is 45.4 Å². The number of rotatable bonds is 7. The molecule has 1 N–H and O–H groups in total. The van der Waals surface area contributed by atoms with Crippen molar-refractivity contribution in [3.63, 3.8) is 0 Å². The molecule has 5 nitrogen and oxygen atoms in total. The van der Waals surface area contributed by atoms with Gasteiger partial charge in [0.15, 0.2) is 6.61 Å². The lowest BCUT2D eigenvalue weighted by molar-refractivity contribution is -0.186. The summed E-state index contributed by atoms with van der Waals surface area (Å²) < 4.78 is 44.8. The highest BCUT2D eigenvalue weighted by Crippen LogP contribution is 2.31. The van der Waals surface area contributed by atoms with Gasteiger partial charge in [-0.05, 0) is 38.0 Å². The lowest BCUT2D eigenvalue weighted by Gasteiger charge is -2.29. The number of nitrogens with one attached hydrogen (secondary N) is 1. The number of hydrogen-bond acceptors (Lipinski definition) is 4. The molecule has 0 bridgehead atoms. The molecule has 23 heavy (non-hydrogen) atoms. The van der Waals surface area contributed by atoms with E-state index in [2.05, 4.69) is 10.1 Å². The third-order valence-corrected chi connectivity index (χ3v) is 3.86. The predicted octanol–water partition coefficient (Wildman–Crippen LogP) is 3.42. The van der Waals surface area contributed by atoms with Crippen molar-refractivity contribution in [3.8, 4) is 0 Å². The molecule has 0 radical (unpaired) electrons. The van der Waals surface area contributed by atoms with Crippen LogP contribution >= 0.6 is 0 Å². The maximum absolute atomic E-state index is 11.9. The normalized spacial score (nSPS) is 21.6. The van der Waals surface area contributed by atoms with Gasteiger partial charge >= 0.3 is 18.2 Å². The Morgan fingerprint density at radius 3 is 2.52 bits per heavy atom. The number of esters is 1. The van der Waals surface area contributed by atoms with Crippen molar-refractivity contribution in [2.24, 2.45) is 11.8 Å². The van der Waals surface area contributed by atoms with Crippen LogP contribution in [-0.4, -0.2) is 38.0 Å². The molecule has 0 spiro atoms. The summed E-state index contributed by atoms with van der Waals surface area (Å²) >= 11 is 0. The zero-order valence-electron chi connectivity index (χ0n) is 13.3. The minimum absolute atomic E-state index is 0.00122. The highest BCUT2D eigenvalue weighted by atomic mass is 19.4. The Labute approximate surface area is 133 Å². The molecule has 134 valence electrons. The summed E-state index contributed by atoms with van der Waals surface area (Å²) in [6, 6.07) is 0. The summed E-state index contributed by atoms with van der Waals surface area (Å²) in [5.41, 5.74) is 0. The van der Waals surface area contributed by atoms with E-state index < -0.39 is 24.8 Å². The number of amides is 1. The number of halogens is 3. The van der Waals surface area contributed by atoms with Crippen molar-refractivity contribution in [3.05, 3.63) is 0 Å². The van der Waals surface area contributed by atoms with E-state index in [1.165, 1.54) is 0 Å². The minimum atomic E-state index is -4.48. The van der Waals surface area contributed by atoms with E-state index in [1.807, 2.05) is 0 Å². The fourth-order valence-corrected chi connectivity index (χ4v) is 2.82.